The van der Waals surface area contributed by atoms with E-state index in [1.807, 2.05) is 65.2 Å². The number of benzene rings is 2. The smallest absolute Gasteiger partial charge is 0.237 e. The summed E-state index contributed by atoms with van der Waals surface area (Å²) in [6.07, 6.45) is 2.02. The van der Waals surface area contributed by atoms with Gasteiger partial charge in [-0.3, -0.25) is 9.36 Å². The first-order valence-electron chi connectivity index (χ1n) is 9.79. The highest BCUT2D eigenvalue weighted by Crippen LogP contribution is 2.21. The van der Waals surface area contributed by atoms with Gasteiger partial charge in [0.05, 0.1) is 18.2 Å². The molecule has 0 bridgehead atoms. The number of para-hydroxylation sites is 2. The predicted octanol–water partition coefficient (Wildman–Crippen LogP) is 4.08. The maximum absolute atomic E-state index is 12.9. The van der Waals surface area contributed by atoms with E-state index in [9.17, 15) is 4.79 Å². The number of hydrogen-bond donors (Lipinski definition) is 0. The number of aromatic nitrogens is 3. The Morgan fingerprint density at radius 3 is 2.55 bits per heavy atom. The van der Waals surface area contributed by atoms with Crippen LogP contribution < -0.4 is 9.64 Å². The van der Waals surface area contributed by atoms with Crippen LogP contribution in [0.15, 0.2) is 78.5 Å². The lowest BCUT2D eigenvalue weighted by Crippen LogP contribution is -2.33. The minimum atomic E-state index is -0.0957. The zero-order chi connectivity index (χ0) is 21.9. The van der Waals surface area contributed by atoms with E-state index in [4.69, 9.17) is 10.00 Å². The van der Waals surface area contributed by atoms with Gasteiger partial charge in [-0.15, -0.1) is 16.8 Å². The van der Waals surface area contributed by atoms with Gasteiger partial charge in [-0.2, -0.15) is 5.26 Å². The molecule has 0 fully saturated rings. The fourth-order valence-electron chi connectivity index (χ4n) is 2.88. The van der Waals surface area contributed by atoms with Crippen molar-refractivity contribution in [2.75, 3.05) is 17.2 Å². The molecule has 31 heavy (non-hydrogen) atoms. The Kier molecular flexibility index (Phi) is 8.26. The Hall–Kier alpha value is -3.57. The number of thioether (sulfide) groups is 1. The molecule has 158 valence electrons. The van der Waals surface area contributed by atoms with E-state index in [-0.39, 0.29) is 24.7 Å². The molecule has 1 heterocycles. The predicted molar refractivity (Wildman–Crippen MR) is 121 cm³/mol. The molecule has 1 amide bonds. The molecule has 0 radical (unpaired) electrons. The van der Waals surface area contributed by atoms with Crippen LogP contribution in [0, 0.1) is 11.3 Å². The van der Waals surface area contributed by atoms with Crippen LogP contribution in [0.25, 0.3) is 0 Å². The minimum absolute atomic E-state index is 0.0957. The number of ether oxygens (including phenoxy) is 1. The van der Waals surface area contributed by atoms with Gasteiger partial charge in [0.1, 0.15) is 12.4 Å². The van der Waals surface area contributed by atoms with Crippen molar-refractivity contribution in [2.24, 2.45) is 0 Å². The maximum atomic E-state index is 12.9. The molecule has 0 saturated carbocycles. The second-order valence-electron chi connectivity index (χ2n) is 6.48. The van der Waals surface area contributed by atoms with Crippen molar-refractivity contribution in [1.82, 2.24) is 14.8 Å². The molecular weight excluding hydrogens is 410 g/mol. The second-order valence-corrected chi connectivity index (χ2v) is 7.42. The van der Waals surface area contributed by atoms with Crippen molar-refractivity contribution in [2.45, 2.75) is 24.7 Å². The molecule has 0 atom stereocenters. The average Bonchev–Trinajstić information content (AvgIpc) is 3.19. The molecular formula is C23H23N5O2S. The van der Waals surface area contributed by atoms with E-state index in [0.29, 0.717) is 24.1 Å². The Labute approximate surface area is 186 Å². The van der Waals surface area contributed by atoms with Gasteiger partial charge in [0, 0.05) is 18.8 Å². The number of amides is 1. The van der Waals surface area contributed by atoms with E-state index in [0.717, 1.165) is 11.4 Å². The number of hydrogen-bond acceptors (Lipinski definition) is 6. The van der Waals surface area contributed by atoms with E-state index >= 15 is 0 Å². The molecule has 0 aliphatic rings. The summed E-state index contributed by atoms with van der Waals surface area (Å²) in [7, 11) is 0. The first-order valence-corrected chi connectivity index (χ1v) is 10.8. The summed E-state index contributed by atoms with van der Waals surface area (Å²) in [6.45, 7) is 4.91. The van der Waals surface area contributed by atoms with Gasteiger partial charge < -0.3 is 9.64 Å². The molecule has 0 aliphatic heterocycles. The standard InChI is InChI=1S/C23H23N5O2S/c1-2-15-28-21(17-30-20-12-7-4-8-13-20)25-26-23(28)31-18-22(29)27(16-9-14-24)19-10-5-3-6-11-19/h2-8,10-13H,1,9,15-18H2. The first-order chi connectivity index (χ1) is 15.2. The zero-order valence-corrected chi connectivity index (χ0v) is 17.9. The molecule has 7 nitrogen and oxygen atoms in total. The van der Waals surface area contributed by atoms with Crippen LogP contribution in [-0.4, -0.2) is 33.0 Å². The van der Waals surface area contributed by atoms with Crippen LogP contribution in [0.3, 0.4) is 0 Å². The van der Waals surface area contributed by atoms with Crippen molar-refractivity contribution in [3.05, 3.63) is 79.1 Å². The number of carbonyl (C=O) groups is 1. The fourth-order valence-corrected chi connectivity index (χ4v) is 3.72. The van der Waals surface area contributed by atoms with Crippen molar-refractivity contribution < 1.29 is 9.53 Å². The molecule has 0 unspecified atom stereocenters. The third kappa shape index (κ3) is 6.20. The number of nitriles is 1. The molecule has 2 aromatic carbocycles. The quantitative estimate of drug-likeness (QED) is 0.335. The first kappa shape index (κ1) is 22.1. The SMILES string of the molecule is C=CCn1c(COc2ccccc2)nnc1SCC(=O)N(CCC#N)c1ccccc1. The third-order valence-electron chi connectivity index (χ3n) is 4.36. The number of nitrogens with zero attached hydrogens (tertiary/aromatic N) is 5. The van der Waals surface area contributed by atoms with E-state index in [1.165, 1.54) is 11.8 Å². The summed E-state index contributed by atoms with van der Waals surface area (Å²) < 4.78 is 7.67. The summed E-state index contributed by atoms with van der Waals surface area (Å²) in [5, 5.41) is 18.0. The Morgan fingerprint density at radius 1 is 1.16 bits per heavy atom. The molecule has 3 aromatic rings. The zero-order valence-electron chi connectivity index (χ0n) is 17.1. The van der Waals surface area contributed by atoms with Gasteiger partial charge in [-0.1, -0.05) is 54.2 Å². The third-order valence-corrected chi connectivity index (χ3v) is 5.31. The van der Waals surface area contributed by atoms with Crippen LogP contribution in [0.4, 0.5) is 5.69 Å². The Balaban J connectivity index is 1.68. The lowest BCUT2D eigenvalue weighted by Gasteiger charge is -2.21. The lowest BCUT2D eigenvalue weighted by molar-refractivity contribution is -0.116. The minimum Gasteiger partial charge on any atom is -0.486 e. The van der Waals surface area contributed by atoms with Crippen LogP contribution in [0.1, 0.15) is 12.2 Å². The summed E-state index contributed by atoms with van der Waals surface area (Å²) >= 11 is 1.31. The molecule has 0 aliphatic carbocycles. The van der Waals surface area contributed by atoms with Gasteiger partial charge in [-0.05, 0) is 24.3 Å². The lowest BCUT2D eigenvalue weighted by atomic mass is 10.2. The van der Waals surface area contributed by atoms with Crippen LogP contribution >= 0.6 is 11.8 Å². The number of carbonyl (C=O) groups excluding carboxylic acids is 1. The van der Waals surface area contributed by atoms with Crippen LogP contribution in [0.2, 0.25) is 0 Å². The maximum Gasteiger partial charge on any atom is 0.237 e. The van der Waals surface area contributed by atoms with Crippen LogP contribution in [-0.2, 0) is 17.9 Å². The van der Waals surface area contributed by atoms with Crippen molar-refractivity contribution in [3.63, 3.8) is 0 Å². The van der Waals surface area contributed by atoms with Crippen LogP contribution in [0.5, 0.6) is 5.75 Å². The summed E-state index contributed by atoms with van der Waals surface area (Å²) in [6, 6.07) is 20.9. The molecule has 0 N–H and O–H groups in total. The molecule has 0 spiro atoms. The number of allylic oxidation sites excluding steroid dienone is 1. The normalized spacial score (nSPS) is 10.3. The highest BCUT2D eigenvalue weighted by Gasteiger charge is 2.19. The molecule has 3 rings (SSSR count). The molecule has 8 heteroatoms. The van der Waals surface area contributed by atoms with E-state index in [2.05, 4.69) is 22.8 Å². The highest BCUT2D eigenvalue weighted by atomic mass is 32.2. The van der Waals surface area contributed by atoms with Crippen molar-refractivity contribution in [3.8, 4) is 11.8 Å². The summed E-state index contributed by atoms with van der Waals surface area (Å²) in [4.78, 5) is 14.5. The highest BCUT2D eigenvalue weighted by molar-refractivity contribution is 7.99. The monoisotopic (exact) mass is 433 g/mol. The summed E-state index contributed by atoms with van der Waals surface area (Å²) in [5.74, 6) is 1.48. The molecule has 1 aromatic heterocycles. The van der Waals surface area contributed by atoms with Gasteiger partial charge in [0.15, 0.2) is 11.0 Å². The Morgan fingerprint density at radius 2 is 1.87 bits per heavy atom. The van der Waals surface area contributed by atoms with Crippen molar-refractivity contribution in [1.29, 1.82) is 5.26 Å². The van der Waals surface area contributed by atoms with E-state index in [1.54, 1.807) is 11.0 Å². The average molecular weight is 434 g/mol. The largest absolute Gasteiger partial charge is 0.486 e. The number of anilines is 1. The van der Waals surface area contributed by atoms with Crippen molar-refractivity contribution >= 4 is 23.4 Å². The van der Waals surface area contributed by atoms with Gasteiger partial charge in [-0.25, -0.2) is 0 Å². The Bertz CT molecular complexity index is 1030. The van der Waals surface area contributed by atoms with Gasteiger partial charge >= 0.3 is 0 Å². The van der Waals surface area contributed by atoms with E-state index < -0.39 is 0 Å². The second kappa shape index (κ2) is 11.6. The fraction of sp³-hybridized carbons (Fsp3) is 0.217. The topological polar surface area (TPSA) is 84.0 Å². The molecule has 0 saturated heterocycles. The number of rotatable bonds is 11. The van der Waals surface area contributed by atoms with Gasteiger partial charge in [0.25, 0.3) is 0 Å². The van der Waals surface area contributed by atoms with Gasteiger partial charge in [0.2, 0.25) is 5.91 Å². The summed E-state index contributed by atoms with van der Waals surface area (Å²) in [5.41, 5.74) is 0.771.